The molecule has 0 aliphatic rings. The Hall–Kier alpha value is -3.07. The second-order valence-electron chi connectivity index (χ2n) is 3.72. The standard InChI is InChI=1S/C13H10N4O2/c14-6-9-5-10(15)7-17-13(9)19-11-3-1-8(2-4-11)12(16)18/h1-5,7H,15H2,(H2,16,18). The minimum absolute atomic E-state index is 0.156. The number of nitrogen functional groups attached to an aromatic ring is 1. The van der Waals surface area contributed by atoms with E-state index in [2.05, 4.69) is 4.98 Å². The molecule has 0 atom stereocenters. The van der Waals surface area contributed by atoms with E-state index in [-0.39, 0.29) is 11.4 Å². The molecule has 1 aromatic carbocycles. The van der Waals surface area contributed by atoms with Gasteiger partial charge in [0.25, 0.3) is 0 Å². The summed E-state index contributed by atoms with van der Waals surface area (Å²) in [4.78, 5) is 14.9. The molecule has 0 radical (unpaired) electrons. The number of ether oxygens (including phenoxy) is 1. The maximum Gasteiger partial charge on any atom is 0.248 e. The second kappa shape index (κ2) is 5.06. The van der Waals surface area contributed by atoms with Gasteiger partial charge < -0.3 is 16.2 Å². The van der Waals surface area contributed by atoms with Crippen LogP contribution in [0.2, 0.25) is 0 Å². The zero-order valence-electron chi connectivity index (χ0n) is 9.83. The molecule has 2 aromatic rings. The van der Waals surface area contributed by atoms with E-state index in [1.165, 1.54) is 24.4 Å². The molecule has 0 saturated heterocycles. The van der Waals surface area contributed by atoms with Crippen LogP contribution >= 0.6 is 0 Å². The van der Waals surface area contributed by atoms with Crippen molar-refractivity contribution in [1.82, 2.24) is 4.98 Å². The van der Waals surface area contributed by atoms with E-state index >= 15 is 0 Å². The number of nitrogens with two attached hydrogens (primary N) is 2. The highest BCUT2D eigenvalue weighted by Crippen LogP contribution is 2.24. The van der Waals surface area contributed by atoms with E-state index in [4.69, 9.17) is 21.5 Å². The summed E-state index contributed by atoms with van der Waals surface area (Å²) < 4.78 is 5.45. The summed E-state index contributed by atoms with van der Waals surface area (Å²) >= 11 is 0. The van der Waals surface area contributed by atoms with Crippen molar-refractivity contribution < 1.29 is 9.53 Å². The normalized spacial score (nSPS) is 9.63. The number of nitrogens with zero attached hydrogens (tertiary/aromatic N) is 2. The largest absolute Gasteiger partial charge is 0.438 e. The second-order valence-corrected chi connectivity index (χ2v) is 3.72. The molecule has 1 aromatic heterocycles. The lowest BCUT2D eigenvalue weighted by atomic mass is 10.2. The van der Waals surface area contributed by atoms with Gasteiger partial charge in [0, 0.05) is 5.56 Å². The highest BCUT2D eigenvalue weighted by Gasteiger charge is 2.07. The van der Waals surface area contributed by atoms with Gasteiger partial charge in [-0.25, -0.2) is 4.98 Å². The van der Waals surface area contributed by atoms with Crippen molar-refractivity contribution in [2.45, 2.75) is 0 Å². The number of anilines is 1. The number of rotatable bonds is 3. The van der Waals surface area contributed by atoms with Gasteiger partial charge >= 0.3 is 0 Å². The van der Waals surface area contributed by atoms with Gasteiger partial charge in [-0.3, -0.25) is 4.79 Å². The number of amides is 1. The van der Waals surface area contributed by atoms with Crippen LogP contribution in [0.5, 0.6) is 11.6 Å². The van der Waals surface area contributed by atoms with Gasteiger partial charge in [0.05, 0.1) is 11.9 Å². The summed E-state index contributed by atoms with van der Waals surface area (Å²) in [6.45, 7) is 0. The van der Waals surface area contributed by atoms with Crippen LogP contribution in [-0.4, -0.2) is 10.9 Å². The monoisotopic (exact) mass is 254 g/mol. The van der Waals surface area contributed by atoms with E-state index in [1.54, 1.807) is 12.1 Å². The third-order valence-electron chi connectivity index (χ3n) is 2.35. The van der Waals surface area contributed by atoms with Gasteiger partial charge in [0.2, 0.25) is 11.8 Å². The summed E-state index contributed by atoms with van der Waals surface area (Å²) in [7, 11) is 0. The molecule has 6 nitrogen and oxygen atoms in total. The molecule has 94 valence electrons. The predicted molar refractivity (Wildman–Crippen MR) is 68.4 cm³/mol. The Morgan fingerprint density at radius 1 is 1.32 bits per heavy atom. The minimum atomic E-state index is -0.519. The van der Waals surface area contributed by atoms with Gasteiger partial charge in [0.15, 0.2) is 0 Å². The molecular weight excluding hydrogens is 244 g/mol. The van der Waals surface area contributed by atoms with Gasteiger partial charge in [-0.1, -0.05) is 0 Å². The molecule has 0 saturated carbocycles. The van der Waals surface area contributed by atoms with Crippen molar-refractivity contribution in [3.63, 3.8) is 0 Å². The topological polar surface area (TPSA) is 115 Å². The smallest absolute Gasteiger partial charge is 0.248 e. The zero-order valence-corrected chi connectivity index (χ0v) is 9.83. The lowest BCUT2D eigenvalue weighted by Crippen LogP contribution is -2.10. The van der Waals surface area contributed by atoms with Crippen LogP contribution in [0.4, 0.5) is 5.69 Å². The summed E-state index contributed by atoms with van der Waals surface area (Å²) in [6.07, 6.45) is 1.40. The first kappa shape index (κ1) is 12.4. The zero-order chi connectivity index (χ0) is 13.8. The van der Waals surface area contributed by atoms with Crippen LogP contribution in [0.25, 0.3) is 0 Å². The van der Waals surface area contributed by atoms with Gasteiger partial charge in [-0.15, -0.1) is 0 Å². The molecule has 1 amide bonds. The van der Waals surface area contributed by atoms with Crippen LogP contribution in [-0.2, 0) is 0 Å². The molecule has 0 bridgehead atoms. The first-order chi connectivity index (χ1) is 9.10. The number of carbonyl (C=O) groups is 1. The average Bonchev–Trinajstić information content (AvgIpc) is 2.41. The van der Waals surface area contributed by atoms with E-state index in [9.17, 15) is 4.79 Å². The Labute approximate surface area is 109 Å². The summed E-state index contributed by atoms with van der Waals surface area (Å²) in [5.41, 5.74) is 11.6. The maximum absolute atomic E-state index is 10.9. The molecule has 0 spiro atoms. The highest BCUT2D eigenvalue weighted by atomic mass is 16.5. The average molecular weight is 254 g/mol. The van der Waals surface area contributed by atoms with Crippen molar-refractivity contribution in [2.24, 2.45) is 5.73 Å². The molecule has 0 aliphatic carbocycles. The van der Waals surface area contributed by atoms with Crippen molar-refractivity contribution in [1.29, 1.82) is 5.26 Å². The van der Waals surface area contributed by atoms with E-state index in [0.29, 0.717) is 17.0 Å². The molecule has 6 heteroatoms. The van der Waals surface area contributed by atoms with Crippen molar-refractivity contribution >= 4 is 11.6 Å². The number of hydrogen-bond donors (Lipinski definition) is 2. The third-order valence-corrected chi connectivity index (χ3v) is 2.35. The molecule has 1 heterocycles. The van der Waals surface area contributed by atoms with E-state index < -0.39 is 5.91 Å². The number of hydrogen-bond acceptors (Lipinski definition) is 5. The van der Waals surface area contributed by atoms with Crippen LogP contribution in [0.3, 0.4) is 0 Å². The Bertz CT molecular complexity index is 659. The first-order valence-corrected chi connectivity index (χ1v) is 5.33. The number of primary amides is 1. The molecule has 0 fully saturated rings. The molecular formula is C13H10N4O2. The molecule has 0 unspecified atom stereocenters. The SMILES string of the molecule is N#Cc1cc(N)cnc1Oc1ccc(C(N)=O)cc1. The minimum Gasteiger partial charge on any atom is -0.438 e. The van der Waals surface area contributed by atoms with Crippen molar-refractivity contribution in [2.75, 3.05) is 5.73 Å². The molecule has 19 heavy (non-hydrogen) atoms. The van der Waals surface area contributed by atoms with Gasteiger partial charge in [-0.2, -0.15) is 5.26 Å². The fourth-order valence-corrected chi connectivity index (χ4v) is 1.43. The number of aromatic nitrogens is 1. The lowest BCUT2D eigenvalue weighted by molar-refractivity contribution is 0.100. The quantitative estimate of drug-likeness (QED) is 0.859. The van der Waals surface area contributed by atoms with Gasteiger partial charge in [0.1, 0.15) is 17.4 Å². The Morgan fingerprint density at radius 2 is 2.00 bits per heavy atom. The Balaban J connectivity index is 2.26. The van der Waals surface area contributed by atoms with Crippen LogP contribution < -0.4 is 16.2 Å². The van der Waals surface area contributed by atoms with Crippen molar-refractivity contribution in [3.05, 3.63) is 47.7 Å². The number of carbonyl (C=O) groups excluding carboxylic acids is 1. The van der Waals surface area contributed by atoms with Crippen LogP contribution in [0.1, 0.15) is 15.9 Å². The van der Waals surface area contributed by atoms with E-state index in [0.717, 1.165) is 0 Å². The highest BCUT2D eigenvalue weighted by molar-refractivity contribution is 5.92. The summed E-state index contributed by atoms with van der Waals surface area (Å²) in [6, 6.07) is 9.61. The third kappa shape index (κ3) is 2.79. The fraction of sp³-hybridized carbons (Fsp3) is 0. The maximum atomic E-state index is 10.9. The molecule has 4 N–H and O–H groups in total. The summed E-state index contributed by atoms with van der Waals surface area (Å²) in [5, 5.41) is 8.95. The van der Waals surface area contributed by atoms with Crippen LogP contribution in [0, 0.1) is 11.3 Å². The number of nitriles is 1. The lowest BCUT2D eigenvalue weighted by Gasteiger charge is -2.06. The van der Waals surface area contributed by atoms with Gasteiger partial charge in [-0.05, 0) is 30.3 Å². The Kier molecular flexibility index (Phi) is 3.30. The molecule has 2 rings (SSSR count). The number of pyridine rings is 1. The van der Waals surface area contributed by atoms with Crippen LogP contribution in [0.15, 0.2) is 36.5 Å². The molecule has 0 aliphatic heterocycles. The Morgan fingerprint density at radius 3 is 2.58 bits per heavy atom. The predicted octanol–water partition coefficient (Wildman–Crippen LogP) is 1.43. The van der Waals surface area contributed by atoms with Crippen molar-refractivity contribution in [3.8, 4) is 17.7 Å². The number of benzene rings is 1. The van der Waals surface area contributed by atoms with E-state index in [1.807, 2.05) is 6.07 Å². The fourth-order valence-electron chi connectivity index (χ4n) is 1.43. The summed E-state index contributed by atoms with van der Waals surface area (Å²) in [5.74, 6) is 0.0807. The first-order valence-electron chi connectivity index (χ1n) is 5.33.